The van der Waals surface area contributed by atoms with E-state index < -0.39 is 0 Å². The monoisotopic (exact) mass is 246 g/mol. The van der Waals surface area contributed by atoms with Crippen molar-refractivity contribution >= 4 is 0 Å². The van der Waals surface area contributed by atoms with Crippen LogP contribution in [0.5, 0.6) is 0 Å². The lowest BCUT2D eigenvalue weighted by molar-refractivity contribution is 0.0408. The van der Waals surface area contributed by atoms with Crippen molar-refractivity contribution in [2.45, 2.75) is 51.7 Å². The average Bonchev–Trinajstić information content (AvgIpc) is 2.42. The van der Waals surface area contributed by atoms with Crippen molar-refractivity contribution in [3.8, 4) is 0 Å². The highest BCUT2D eigenvalue weighted by molar-refractivity contribution is 5.15. The Kier molecular flexibility index (Phi) is 4.41. The zero-order valence-corrected chi connectivity index (χ0v) is 11.9. The lowest BCUT2D eigenvalue weighted by Crippen LogP contribution is -2.62. The van der Waals surface area contributed by atoms with Gasteiger partial charge in [-0.2, -0.15) is 0 Å². The molecule has 1 aromatic rings. The molecule has 1 fully saturated rings. The first-order valence-corrected chi connectivity index (χ1v) is 7.20. The highest BCUT2D eigenvalue weighted by atomic mass is 15.3. The number of nitrogens with zero attached hydrogens (tertiary/aromatic N) is 1. The van der Waals surface area contributed by atoms with E-state index >= 15 is 0 Å². The maximum atomic E-state index is 3.68. The topological polar surface area (TPSA) is 15.3 Å². The Morgan fingerprint density at radius 1 is 1.28 bits per heavy atom. The fourth-order valence-corrected chi connectivity index (χ4v) is 2.71. The third kappa shape index (κ3) is 2.93. The van der Waals surface area contributed by atoms with Crippen LogP contribution in [0.2, 0.25) is 0 Å². The maximum Gasteiger partial charge on any atom is 0.0307 e. The van der Waals surface area contributed by atoms with Gasteiger partial charge in [-0.05, 0) is 25.3 Å². The van der Waals surface area contributed by atoms with Crippen molar-refractivity contribution in [2.24, 2.45) is 0 Å². The van der Waals surface area contributed by atoms with E-state index in [0.29, 0.717) is 11.6 Å². The highest BCUT2D eigenvalue weighted by Crippen LogP contribution is 2.25. The summed E-state index contributed by atoms with van der Waals surface area (Å²) in [6.07, 6.45) is 2.41. The summed E-state index contributed by atoms with van der Waals surface area (Å²) >= 11 is 0. The van der Waals surface area contributed by atoms with E-state index in [1.54, 1.807) is 0 Å². The second-order valence-electron chi connectivity index (χ2n) is 5.70. The molecule has 1 aromatic carbocycles. The molecule has 1 aliphatic heterocycles. The lowest BCUT2D eigenvalue weighted by atomic mass is 9.91. The summed E-state index contributed by atoms with van der Waals surface area (Å²) in [6, 6.07) is 11.5. The van der Waals surface area contributed by atoms with Crippen LogP contribution in [-0.4, -0.2) is 29.6 Å². The predicted octanol–water partition coefficient (Wildman–Crippen LogP) is 3.04. The Bertz CT molecular complexity index is 363. The average molecular weight is 246 g/mol. The van der Waals surface area contributed by atoms with E-state index in [1.165, 1.54) is 18.4 Å². The second kappa shape index (κ2) is 5.85. The summed E-state index contributed by atoms with van der Waals surface area (Å²) in [4.78, 5) is 2.66. The largest absolute Gasteiger partial charge is 0.311 e. The van der Waals surface area contributed by atoms with Gasteiger partial charge < -0.3 is 5.32 Å². The third-order valence-electron chi connectivity index (χ3n) is 4.45. The Morgan fingerprint density at radius 3 is 2.61 bits per heavy atom. The molecule has 0 amide bonds. The van der Waals surface area contributed by atoms with Gasteiger partial charge in [-0.15, -0.1) is 0 Å². The Labute approximate surface area is 111 Å². The summed E-state index contributed by atoms with van der Waals surface area (Å²) in [7, 11) is 0. The molecule has 0 radical (unpaired) electrons. The van der Waals surface area contributed by atoms with Gasteiger partial charge in [-0.1, -0.05) is 44.2 Å². The van der Waals surface area contributed by atoms with Crippen LogP contribution in [0.15, 0.2) is 30.3 Å². The fraction of sp³-hybridized carbons (Fsp3) is 0.625. The standard InChI is InChI=1S/C16H26N2/c1-4-15-12-18(16(3,5-2)13-17-15)11-14-9-7-6-8-10-14/h6-10,15,17H,4-5,11-13H2,1-3H3. The first kappa shape index (κ1) is 13.6. The SMILES string of the molecule is CCC1CN(Cc2ccccc2)C(C)(CC)CN1. The van der Waals surface area contributed by atoms with Crippen molar-refractivity contribution in [3.05, 3.63) is 35.9 Å². The Morgan fingerprint density at radius 2 is 2.00 bits per heavy atom. The Balaban J connectivity index is 2.10. The van der Waals surface area contributed by atoms with E-state index in [2.05, 4.69) is 61.3 Å². The van der Waals surface area contributed by atoms with Crippen LogP contribution in [-0.2, 0) is 6.54 Å². The van der Waals surface area contributed by atoms with E-state index in [9.17, 15) is 0 Å². The van der Waals surface area contributed by atoms with Gasteiger partial charge in [0.05, 0.1) is 0 Å². The molecule has 0 aromatic heterocycles. The normalized spacial score (nSPS) is 29.4. The molecular formula is C16H26N2. The fourth-order valence-electron chi connectivity index (χ4n) is 2.71. The van der Waals surface area contributed by atoms with Gasteiger partial charge in [-0.3, -0.25) is 4.90 Å². The highest BCUT2D eigenvalue weighted by Gasteiger charge is 2.35. The molecule has 0 aliphatic carbocycles. The van der Waals surface area contributed by atoms with Crippen molar-refractivity contribution < 1.29 is 0 Å². The van der Waals surface area contributed by atoms with Gasteiger partial charge in [0.25, 0.3) is 0 Å². The molecule has 18 heavy (non-hydrogen) atoms. The number of rotatable bonds is 4. The lowest BCUT2D eigenvalue weighted by Gasteiger charge is -2.48. The first-order valence-electron chi connectivity index (χ1n) is 7.20. The molecule has 1 heterocycles. The molecule has 100 valence electrons. The van der Waals surface area contributed by atoms with Crippen LogP contribution in [0.1, 0.15) is 39.2 Å². The molecule has 1 N–H and O–H groups in total. The minimum atomic E-state index is 0.293. The van der Waals surface area contributed by atoms with Crippen molar-refractivity contribution in [2.75, 3.05) is 13.1 Å². The molecule has 0 spiro atoms. The van der Waals surface area contributed by atoms with Gasteiger partial charge in [0.2, 0.25) is 0 Å². The second-order valence-corrected chi connectivity index (χ2v) is 5.70. The summed E-state index contributed by atoms with van der Waals surface area (Å²) in [6.45, 7) is 10.3. The summed E-state index contributed by atoms with van der Waals surface area (Å²) < 4.78 is 0. The quantitative estimate of drug-likeness (QED) is 0.878. The zero-order valence-electron chi connectivity index (χ0n) is 11.9. The van der Waals surface area contributed by atoms with Crippen LogP contribution in [0.25, 0.3) is 0 Å². The van der Waals surface area contributed by atoms with Gasteiger partial charge >= 0.3 is 0 Å². The van der Waals surface area contributed by atoms with E-state index in [1.807, 2.05) is 0 Å². The predicted molar refractivity (Wildman–Crippen MR) is 77.6 cm³/mol. The van der Waals surface area contributed by atoms with Crippen molar-refractivity contribution in [3.63, 3.8) is 0 Å². The molecule has 2 nitrogen and oxygen atoms in total. The van der Waals surface area contributed by atoms with Gasteiger partial charge in [0.1, 0.15) is 0 Å². The minimum absolute atomic E-state index is 0.293. The summed E-state index contributed by atoms with van der Waals surface area (Å²) in [5.41, 5.74) is 1.72. The maximum absolute atomic E-state index is 3.68. The summed E-state index contributed by atoms with van der Waals surface area (Å²) in [5, 5.41) is 3.68. The van der Waals surface area contributed by atoms with Gasteiger partial charge in [0.15, 0.2) is 0 Å². The molecule has 1 aliphatic rings. The molecule has 2 unspecified atom stereocenters. The molecule has 2 rings (SSSR count). The molecule has 0 saturated carbocycles. The van der Waals surface area contributed by atoms with Crippen LogP contribution in [0.3, 0.4) is 0 Å². The molecule has 1 saturated heterocycles. The zero-order chi connectivity index (χ0) is 13.0. The molecule has 0 bridgehead atoms. The first-order chi connectivity index (χ1) is 8.68. The number of nitrogens with one attached hydrogen (secondary N) is 1. The van der Waals surface area contributed by atoms with E-state index in [4.69, 9.17) is 0 Å². The number of piperazine rings is 1. The van der Waals surface area contributed by atoms with Gasteiger partial charge in [0, 0.05) is 31.2 Å². The van der Waals surface area contributed by atoms with Crippen LogP contribution in [0, 0.1) is 0 Å². The third-order valence-corrected chi connectivity index (χ3v) is 4.45. The van der Waals surface area contributed by atoms with E-state index in [-0.39, 0.29) is 0 Å². The minimum Gasteiger partial charge on any atom is -0.311 e. The van der Waals surface area contributed by atoms with Crippen LogP contribution in [0.4, 0.5) is 0 Å². The van der Waals surface area contributed by atoms with Crippen LogP contribution >= 0.6 is 0 Å². The van der Waals surface area contributed by atoms with E-state index in [0.717, 1.165) is 19.6 Å². The molecular weight excluding hydrogens is 220 g/mol. The number of hydrogen-bond acceptors (Lipinski definition) is 2. The summed E-state index contributed by atoms with van der Waals surface area (Å²) in [5.74, 6) is 0. The van der Waals surface area contributed by atoms with Crippen molar-refractivity contribution in [1.29, 1.82) is 0 Å². The van der Waals surface area contributed by atoms with Crippen molar-refractivity contribution in [1.82, 2.24) is 10.2 Å². The smallest absolute Gasteiger partial charge is 0.0307 e. The number of benzene rings is 1. The van der Waals surface area contributed by atoms with Crippen LogP contribution < -0.4 is 5.32 Å². The number of hydrogen-bond donors (Lipinski definition) is 1. The molecule has 2 heteroatoms. The van der Waals surface area contributed by atoms with Gasteiger partial charge in [-0.25, -0.2) is 0 Å². The Hall–Kier alpha value is -0.860. The molecule has 2 atom stereocenters.